The standard InChI is InChI=1S/C22H26O9/c1-9(2)12-8-20-21(30-20,19(25)27-6)18-22(29-18,31-20)14(10(3)4)16-15(26-5)11(7-13(12)23)17(24)28-16/h7,12-16,18,23H,1,3,8H2,2,4-6H3/t12-,13+,14-,15-,16+,18+,20?,21+,22-/m1/s1. The molecule has 5 aliphatic rings. The van der Waals surface area contributed by atoms with E-state index in [1.54, 1.807) is 13.8 Å². The van der Waals surface area contributed by atoms with Crippen molar-refractivity contribution < 1.29 is 43.1 Å². The molecule has 31 heavy (non-hydrogen) atoms. The van der Waals surface area contributed by atoms with Crippen molar-refractivity contribution in [2.45, 2.75) is 61.9 Å². The second-order valence-electron chi connectivity index (χ2n) is 9.02. The van der Waals surface area contributed by atoms with Gasteiger partial charge in [0.1, 0.15) is 12.2 Å². The van der Waals surface area contributed by atoms with Crippen molar-refractivity contribution in [3.05, 3.63) is 36.0 Å². The third kappa shape index (κ3) is 2.38. The van der Waals surface area contributed by atoms with Gasteiger partial charge in [-0.3, -0.25) is 0 Å². The Bertz CT molecular complexity index is 939. The van der Waals surface area contributed by atoms with Crippen LogP contribution >= 0.6 is 0 Å². The Morgan fingerprint density at radius 1 is 1.23 bits per heavy atom. The minimum absolute atomic E-state index is 0.129. The van der Waals surface area contributed by atoms with Gasteiger partial charge < -0.3 is 33.5 Å². The molecule has 168 valence electrons. The fourth-order valence-electron chi connectivity index (χ4n) is 5.67. The van der Waals surface area contributed by atoms with Crippen LogP contribution in [0.3, 0.4) is 0 Å². The second-order valence-corrected chi connectivity index (χ2v) is 9.02. The summed E-state index contributed by atoms with van der Waals surface area (Å²) in [5.74, 6) is -5.05. The van der Waals surface area contributed by atoms with Crippen molar-refractivity contribution in [2.24, 2.45) is 11.8 Å². The number of hydrogen-bond acceptors (Lipinski definition) is 9. The van der Waals surface area contributed by atoms with E-state index in [1.807, 2.05) is 0 Å². The van der Waals surface area contributed by atoms with E-state index >= 15 is 0 Å². The van der Waals surface area contributed by atoms with Crippen LogP contribution in [-0.2, 0) is 38.0 Å². The van der Waals surface area contributed by atoms with Crippen molar-refractivity contribution in [1.29, 1.82) is 0 Å². The summed E-state index contributed by atoms with van der Waals surface area (Å²) in [6.45, 7) is 11.6. The van der Waals surface area contributed by atoms with Gasteiger partial charge in [-0.15, -0.1) is 0 Å². The van der Waals surface area contributed by atoms with Crippen LogP contribution < -0.4 is 0 Å². The average molecular weight is 434 g/mol. The Kier molecular flexibility index (Phi) is 4.21. The molecule has 0 saturated carbocycles. The summed E-state index contributed by atoms with van der Waals surface area (Å²) in [7, 11) is 2.73. The monoisotopic (exact) mass is 434 g/mol. The fourth-order valence-corrected chi connectivity index (χ4v) is 5.67. The molecule has 4 fully saturated rings. The van der Waals surface area contributed by atoms with Gasteiger partial charge >= 0.3 is 11.9 Å². The van der Waals surface area contributed by atoms with E-state index in [2.05, 4.69) is 13.2 Å². The summed E-state index contributed by atoms with van der Waals surface area (Å²) >= 11 is 0. The Balaban J connectivity index is 1.69. The number of epoxide rings is 2. The van der Waals surface area contributed by atoms with Gasteiger partial charge in [-0.25, -0.2) is 9.59 Å². The third-order valence-electron chi connectivity index (χ3n) is 7.16. The van der Waals surface area contributed by atoms with Gasteiger partial charge in [0.25, 0.3) is 5.60 Å². The summed E-state index contributed by atoms with van der Waals surface area (Å²) in [5, 5.41) is 11.0. The lowest BCUT2D eigenvalue weighted by Gasteiger charge is -2.32. The van der Waals surface area contributed by atoms with Crippen LogP contribution in [0.4, 0.5) is 0 Å². The first-order chi connectivity index (χ1) is 14.6. The molecule has 5 rings (SSSR count). The van der Waals surface area contributed by atoms with Crippen LogP contribution in [0.2, 0.25) is 0 Å². The molecule has 0 amide bonds. The first-order valence-corrected chi connectivity index (χ1v) is 10.2. The van der Waals surface area contributed by atoms with E-state index in [0.717, 1.165) is 0 Å². The number of methoxy groups -OCH3 is 2. The molecule has 1 N–H and O–H groups in total. The molecule has 1 unspecified atom stereocenters. The number of carbonyl (C=O) groups is 2. The van der Waals surface area contributed by atoms with E-state index in [0.29, 0.717) is 11.1 Å². The first-order valence-electron chi connectivity index (χ1n) is 10.2. The lowest BCUT2D eigenvalue weighted by molar-refractivity contribution is -0.194. The van der Waals surface area contributed by atoms with Crippen molar-refractivity contribution >= 4 is 11.9 Å². The Morgan fingerprint density at radius 2 is 1.94 bits per heavy atom. The lowest BCUT2D eigenvalue weighted by Crippen LogP contribution is -2.44. The van der Waals surface area contributed by atoms with Gasteiger partial charge in [0.2, 0.25) is 11.6 Å². The maximum atomic E-state index is 12.8. The maximum absolute atomic E-state index is 12.8. The lowest BCUT2D eigenvalue weighted by atomic mass is 9.80. The first kappa shape index (κ1) is 20.8. The topological polar surface area (TPSA) is 116 Å². The summed E-state index contributed by atoms with van der Waals surface area (Å²) in [4.78, 5) is 25.6. The number of esters is 2. The quantitative estimate of drug-likeness (QED) is 0.389. The highest BCUT2D eigenvalue weighted by Gasteiger charge is 2.99. The zero-order chi connectivity index (χ0) is 22.5. The summed E-state index contributed by atoms with van der Waals surface area (Å²) in [6, 6.07) is 0. The van der Waals surface area contributed by atoms with E-state index in [9.17, 15) is 14.7 Å². The largest absolute Gasteiger partial charge is 0.467 e. The van der Waals surface area contributed by atoms with Gasteiger partial charge in [0, 0.05) is 19.4 Å². The maximum Gasteiger partial charge on any atom is 0.347 e. The average Bonchev–Trinajstić information content (AvgIpc) is 3.53. The number of rotatable bonds is 4. The molecule has 4 bridgehead atoms. The highest BCUT2D eigenvalue weighted by atomic mass is 17.0. The Morgan fingerprint density at radius 3 is 2.52 bits per heavy atom. The second kappa shape index (κ2) is 6.26. The minimum atomic E-state index is -1.47. The van der Waals surface area contributed by atoms with Crippen LogP contribution in [0.15, 0.2) is 36.0 Å². The molecule has 2 spiro atoms. The molecule has 5 aliphatic heterocycles. The molecule has 4 saturated heterocycles. The van der Waals surface area contributed by atoms with Gasteiger partial charge in [-0.1, -0.05) is 24.3 Å². The summed E-state index contributed by atoms with van der Waals surface area (Å²) in [6.07, 6.45) is -1.91. The smallest absolute Gasteiger partial charge is 0.347 e. The molecular formula is C22H26O9. The number of aliphatic hydroxyl groups excluding tert-OH is 1. The van der Waals surface area contributed by atoms with Crippen molar-refractivity contribution in [2.75, 3.05) is 14.2 Å². The normalized spacial score (nSPS) is 49.1. The number of hydrogen-bond donors (Lipinski definition) is 1. The Hall–Kier alpha value is -2.04. The van der Waals surface area contributed by atoms with E-state index in [-0.39, 0.29) is 12.0 Å². The Labute approximate surface area is 179 Å². The number of aliphatic hydroxyl groups is 1. The minimum Gasteiger partial charge on any atom is -0.467 e. The molecule has 9 heteroatoms. The molecule has 0 aromatic rings. The van der Waals surface area contributed by atoms with Gasteiger partial charge in [0.05, 0.1) is 24.7 Å². The zero-order valence-electron chi connectivity index (χ0n) is 17.9. The molecule has 0 radical (unpaired) electrons. The van der Waals surface area contributed by atoms with E-state index in [1.165, 1.54) is 20.3 Å². The van der Waals surface area contributed by atoms with Crippen molar-refractivity contribution in [3.63, 3.8) is 0 Å². The zero-order valence-corrected chi connectivity index (χ0v) is 17.9. The molecule has 5 heterocycles. The number of fused-ring (bicyclic) bond motifs is 3. The summed E-state index contributed by atoms with van der Waals surface area (Å²) in [5.41, 5.74) is 0.0214. The fraction of sp³-hybridized carbons (Fsp3) is 0.636. The molecule has 0 aromatic heterocycles. The SMILES string of the molecule is C=C(C)[C@H]1CC23O[C@]4(O[C@H]4[C@@]2(C(=O)OC)O3)[C@H](C(=C)C)[C@@H]2OC(=O)C(=C[C@@H]1O)[C@H]2OC. The number of carbonyl (C=O) groups excluding carboxylic acids is 2. The van der Waals surface area contributed by atoms with Crippen LogP contribution in [0.5, 0.6) is 0 Å². The highest BCUT2D eigenvalue weighted by Crippen LogP contribution is 2.75. The van der Waals surface area contributed by atoms with Gasteiger partial charge in [-0.05, 0) is 19.9 Å². The van der Waals surface area contributed by atoms with E-state index < -0.39 is 65.4 Å². The molecule has 0 aromatic carbocycles. The molecule has 9 nitrogen and oxygen atoms in total. The molecule has 9 atom stereocenters. The highest BCUT2D eigenvalue weighted by molar-refractivity contribution is 5.92. The van der Waals surface area contributed by atoms with Crippen LogP contribution in [0.25, 0.3) is 0 Å². The third-order valence-corrected chi connectivity index (χ3v) is 7.16. The van der Waals surface area contributed by atoms with Crippen LogP contribution in [0.1, 0.15) is 20.3 Å². The van der Waals surface area contributed by atoms with Gasteiger partial charge in [-0.2, -0.15) is 0 Å². The molecular weight excluding hydrogens is 408 g/mol. The van der Waals surface area contributed by atoms with Gasteiger partial charge in [0.15, 0.2) is 6.10 Å². The predicted octanol–water partition coefficient (Wildman–Crippen LogP) is 0.766. The van der Waals surface area contributed by atoms with Crippen LogP contribution in [-0.4, -0.2) is 72.9 Å². The van der Waals surface area contributed by atoms with Crippen LogP contribution in [0, 0.1) is 11.8 Å². The summed E-state index contributed by atoms with van der Waals surface area (Å²) < 4.78 is 34.6. The predicted molar refractivity (Wildman–Crippen MR) is 103 cm³/mol. The van der Waals surface area contributed by atoms with E-state index in [4.69, 9.17) is 28.4 Å². The van der Waals surface area contributed by atoms with Crippen molar-refractivity contribution in [1.82, 2.24) is 0 Å². The molecule has 0 aliphatic carbocycles. The van der Waals surface area contributed by atoms with Crippen molar-refractivity contribution in [3.8, 4) is 0 Å². The number of ether oxygens (including phenoxy) is 6.